The number of imidazole rings is 1. The first kappa shape index (κ1) is 31.8. The monoisotopic (exact) mass is 583 g/mol. The number of hydrogen-bond donors (Lipinski definition) is 9. The quantitative estimate of drug-likeness (QED) is 0.0840. The second kappa shape index (κ2) is 15.3. The summed E-state index contributed by atoms with van der Waals surface area (Å²) in [5.41, 5.74) is 18.8. The molecule has 0 aliphatic rings. The predicted octanol–water partition coefficient (Wildman–Crippen LogP) is -1.45. The number of rotatable bonds is 17. The van der Waals surface area contributed by atoms with Crippen molar-refractivity contribution < 1.29 is 29.1 Å². The Morgan fingerprint density at radius 3 is 2.26 bits per heavy atom. The number of carbonyl (C=O) groups excluding carboxylic acids is 4. The molecule has 0 aliphatic heterocycles. The Bertz CT molecular complexity index is 1370. The van der Waals surface area contributed by atoms with Gasteiger partial charge in [0.05, 0.1) is 18.8 Å². The summed E-state index contributed by atoms with van der Waals surface area (Å²) in [6.07, 6.45) is 5.45. The minimum absolute atomic E-state index is 0.0314. The zero-order valence-electron chi connectivity index (χ0n) is 23.0. The largest absolute Gasteiger partial charge is 0.480 e. The number of hydrogen-bond acceptors (Lipinski definition) is 8. The Morgan fingerprint density at radius 2 is 1.60 bits per heavy atom. The number of amides is 4. The molecule has 226 valence electrons. The number of H-pyrrole nitrogens is 2. The molecule has 4 unspecified atom stereocenters. The average molecular weight is 584 g/mol. The molecule has 4 amide bonds. The lowest BCUT2D eigenvalue weighted by molar-refractivity contribution is -0.142. The van der Waals surface area contributed by atoms with Crippen LogP contribution in [-0.4, -0.2) is 80.4 Å². The summed E-state index contributed by atoms with van der Waals surface area (Å²) in [4.78, 5) is 72.9. The molecular weight excluding hydrogens is 546 g/mol. The van der Waals surface area contributed by atoms with Gasteiger partial charge in [0, 0.05) is 41.8 Å². The number of carboxylic acid groups (broad SMARTS) is 1. The molecule has 2 heterocycles. The lowest BCUT2D eigenvalue weighted by Crippen LogP contribution is -2.58. The lowest BCUT2D eigenvalue weighted by atomic mass is 10.0. The van der Waals surface area contributed by atoms with Gasteiger partial charge in [0.15, 0.2) is 0 Å². The highest BCUT2D eigenvalue weighted by Crippen LogP contribution is 2.19. The zero-order valence-corrected chi connectivity index (χ0v) is 23.0. The first-order chi connectivity index (χ1) is 20.1. The number of nitrogens with two attached hydrogens (primary N) is 3. The summed E-state index contributed by atoms with van der Waals surface area (Å²) < 4.78 is 0. The van der Waals surface area contributed by atoms with Crippen molar-refractivity contribution in [3.63, 3.8) is 0 Å². The highest BCUT2D eigenvalue weighted by Gasteiger charge is 2.32. The fraction of sp³-hybridized carbons (Fsp3) is 0.407. The van der Waals surface area contributed by atoms with Crippen molar-refractivity contribution in [2.45, 2.75) is 62.7 Å². The highest BCUT2D eigenvalue weighted by molar-refractivity contribution is 5.96. The molecule has 15 nitrogen and oxygen atoms in total. The summed E-state index contributed by atoms with van der Waals surface area (Å²) in [7, 11) is 0. The number of fused-ring (bicyclic) bond motifs is 1. The molecule has 15 heteroatoms. The van der Waals surface area contributed by atoms with Gasteiger partial charge in [-0.2, -0.15) is 0 Å². The van der Waals surface area contributed by atoms with E-state index in [-0.39, 0.29) is 12.8 Å². The van der Waals surface area contributed by atoms with E-state index in [2.05, 4.69) is 30.9 Å². The average Bonchev–Trinajstić information content (AvgIpc) is 3.61. The van der Waals surface area contributed by atoms with Crippen molar-refractivity contribution in [1.82, 2.24) is 30.9 Å². The maximum Gasteiger partial charge on any atom is 0.326 e. The molecule has 0 saturated heterocycles. The van der Waals surface area contributed by atoms with Crippen LogP contribution in [0.2, 0.25) is 0 Å². The molecule has 2 aromatic heterocycles. The molecule has 12 N–H and O–H groups in total. The van der Waals surface area contributed by atoms with Crippen molar-refractivity contribution in [3.8, 4) is 0 Å². The van der Waals surface area contributed by atoms with Crippen molar-refractivity contribution >= 4 is 40.5 Å². The van der Waals surface area contributed by atoms with Gasteiger partial charge in [-0.1, -0.05) is 24.6 Å². The number of benzene rings is 1. The van der Waals surface area contributed by atoms with E-state index in [0.717, 1.165) is 10.9 Å². The van der Waals surface area contributed by atoms with Crippen LogP contribution in [-0.2, 0) is 36.8 Å². The maximum absolute atomic E-state index is 13.3. The molecule has 0 fully saturated rings. The third-order valence-electron chi connectivity index (χ3n) is 6.67. The number of para-hydroxylation sites is 1. The van der Waals surface area contributed by atoms with E-state index in [1.807, 2.05) is 18.2 Å². The molecule has 3 rings (SSSR count). The number of carbonyl (C=O) groups is 5. The first-order valence-corrected chi connectivity index (χ1v) is 13.5. The minimum atomic E-state index is -1.51. The predicted molar refractivity (Wildman–Crippen MR) is 152 cm³/mol. The number of aromatic amines is 2. The van der Waals surface area contributed by atoms with E-state index in [9.17, 15) is 29.1 Å². The normalized spacial score (nSPS) is 14.0. The standard InChI is InChI=1S/C27H37N9O6/c28-8-4-3-6-18(29)24(38)34-20(10-16-13-31-14-33-16)25(39)35-21(11-23(30)37)26(40)36-22(27(41)42)9-15-12-32-19-7-2-1-5-17(15)19/h1-2,5,7,12-14,18,20-22,32H,3-4,6,8-11,28-29H2,(H2,30,37)(H,31,33)(H,34,38)(H,35,39)(H,36,40)(H,41,42). The van der Waals surface area contributed by atoms with Gasteiger partial charge in [-0.3, -0.25) is 19.2 Å². The fourth-order valence-electron chi connectivity index (χ4n) is 4.42. The van der Waals surface area contributed by atoms with Gasteiger partial charge in [0.25, 0.3) is 0 Å². The molecule has 0 radical (unpaired) electrons. The Balaban J connectivity index is 1.74. The second-order valence-corrected chi connectivity index (χ2v) is 9.93. The van der Waals surface area contributed by atoms with Crippen LogP contribution >= 0.6 is 0 Å². The van der Waals surface area contributed by atoms with E-state index in [1.165, 1.54) is 12.5 Å². The van der Waals surface area contributed by atoms with Gasteiger partial charge in [0.2, 0.25) is 23.6 Å². The number of nitrogens with one attached hydrogen (secondary N) is 5. The van der Waals surface area contributed by atoms with Crippen molar-refractivity contribution in [1.29, 1.82) is 0 Å². The third kappa shape index (κ3) is 9.14. The van der Waals surface area contributed by atoms with Gasteiger partial charge >= 0.3 is 5.97 Å². The van der Waals surface area contributed by atoms with Gasteiger partial charge in [-0.05, 0) is 31.0 Å². The summed E-state index contributed by atoms with van der Waals surface area (Å²) in [5, 5.41) is 18.0. The number of aromatic nitrogens is 3. The molecule has 0 aliphatic carbocycles. The molecular formula is C27H37N9O6. The van der Waals surface area contributed by atoms with Gasteiger partial charge < -0.3 is 48.2 Å². The molecule has 42 heavy (non-hydrogen) atoms. The van der Waals surface area contributed by atoms with E-state index < -0.39 is 60.2 Å². The van der Waals surface area contributed by atoms with Crippen LogP contribution in [0.3, 0.4) is 0 Å². The third-order valence-corrected chi connectivity index (χ3v) is 6.67. The zero-order chi connectivity index (χ0) is 30.6. The number of carboxylic acids is 1. The van der Waals surface area contributed by atoms with Crippen molar-refractivity contribution in [2.24, 2.45) is 17.2 Å². The van der Waals surface area contributed by atoms with Crippen LogP contribution in [0, 0.1) is 0 Å². The minimum Gasteiger partial charge on any atom is -0.480 e. The Kier molecular flexibility index (Phi) is 11.6. The van der Waals surface area contributed by atoms with Crippen molar-refractivity contribution in [3.05, 3.63) is 54.2 Å². The Hall–Kier alpha value is -4.76. The van der Waals surface area contributed by atoms with E-state index in [0.29, 0.717) is 37.1 Å². The topological polar surface area (TPSA) is 264 Å². The maximum atomic E-state index is 13.3. The smallest absolute Gasteiger partial charge is 0.326 e. The molecule has 0 saturated carbocycles. The highest BCUT2D eigenvalue weighted by atomic mass is 16.4. The number of unbranched alkanes of at least 4 members (excludes halogenated alkanes) is 1. The lowest BCUT2D eigenvalue weighted by Gasteiger charge is -2.24. The summed E-state index contributed by atoms with van der Waals surface area (Å²) in [6, 6.07) is 2.27. The molecule has 4 atom stereocenters. The Labute approximate surface area is 241 Å². The molecule has 0 spiro atoms. The number of aliphatic carboxylic acids is 1. The van der Waals surface area contributed by atoms with E-state index in [1.54, 1.807) is 12.3 Å². The van der Waals surface area contributed by atoms with Crippen molar-refractivity contribution in [2.75, 3.05) is 6.54 Å². The molecule has 3 aromatic rings. The summed E-state index contributed by atoms with van der Waals surface area (Å²) in [6.45, 7) is 0.451. The number of primary amides is 1. The van der Waals surface area contributed by atoms with Gasteiger partial charge in [-0.25, -0.2) is 9.78 Å². The summed E-state index contributed by atoms with van der Waals surface area (Å²) >= 11 is 0. The molecule has 0 bridgehead atoms. The van der Waals surface area contributed by atoms with Crippen LogP contribution in [0.25, 0.3) is 10.9 Å². The van der Waals surface area contributed by atoms with Crippen LogP contribution in [0.5, 0.6) is 0 Å². The van der Waals surface area contributed by atoms with Crippen LogP contribution in [0.15, 0.2) is 43.0 Å². The Morgan fingerprint density at radius 1 is 0.905 bits per heavy atom. The van der Waals surface area contributed by atoms with Crippen LogP contribution in [0.4, 0.5) is 0 Å². The van der Waals surface area contributed by atoms with E-state index >= 15 is 0 Å². The summed E-state index contributed by atoms with van der Waals surface area (Å²) in [5.74, 6) is -4.55. The van der Waals surface area contributed by atoms with Gasteiger partial charge in [-0.15, -0.1) is 0 Å². The van der Waals surface area contributed by atoms with Crippen LogP contribution in [0.1, 0.15) is 36.9 Å². The SMILES string of the molecule is NCCCCC(N)C(=O)NC(Cc1cnc[nH]1)C(=O)NC(CC(N)=O)C(=O)NC(Cc1c[nH]c2ccccc12)C(=O)O. The van der Waals surface area contributed by atoms with Crippen LogP contribution < -0.4 is 33.2 Å². The second-order valence-electron chi connectivity index (χ2n) is 9.93. The fourth-order valence-corrected chi connectivity index (χ4v) is 4.42. The van der Waals surface area contributed by atoms with E-state index in [4.69, 9.17) is 17.2 Å². The van der Waals surface area contributed by atoms with Gasteiger partial charge in [0.1, 0.15) is 18.1 Å². The first-order valence-electron chi connectivity index (χ1n) is 13.5. The molecule has 1 aromatic carbocycles. The number of nitrogens with zero attached hydrogens (tertiary/aromatic N) is 1.